The average molecular weight is 289 g/mol. The fraction of sp³-hybridized carbons (Fsp3) is 0.722. The molecular formula is C18H31N3. The van der Waals surface area contributed by atoms with E-state index in [0.29, 0.717) is 6.04 Å². The molecular weight excluding hydrogens is 258 g/mol. The van der Waals surface area contributed by atoms with Crippen LogP contribution in [0, 0.1) is 0 Å². The van der Waals surface area contributed by atoms with Crippen LogP contribution >= 0.6 is 0 Å². The summed E-state index contributed by atoms with van der Waals surface area (Å²) in [6.07, 6.45) is 7.82. The second-order valence-electron chi connectivity index (χ2n) is 6.04. The van der Waals surface area contributed by atoms with Crippen molar-refractivity contribution in [3.8, 4) is 0 Å². The maximum Gasteiger partial charge on any atom is 0.129 e. The summed E-state index contributed by atoms with van der Waals surface area (Å²) in [5.41, 5.74) is 2.59. The highest BCUT2D eigenvalue weighted by atomic mass is 15.2. The summed E-state index contributed by atoms with van der Waals surface area (Å²) in [7, 11) is 0. The molecule has 2 rings (SSSR count). The van der Waals surface area contributed by atoms with Gasteiger partial charge < -0.3 is 10.2 Å². The van der Waals surface area contributed by atoms with E-state index in [1.54, 1.807) is 0 Å². The molecule has 1 heterocycles. The van der Waals surface area contributed by atoms with Crippen LogP contribution < -0.4 is 10.2 Å². The zero-order valence-electron chi connectivity index (χ0n) is 14.0. The highest BCUT2D eigenvalue weighted by Gasteiger charge is 2.21. The Morgan fingerprint density at radius 1 is 1.14 bits per heavy atom. The van der Waals surface area contributed by atoms with Crippen molar-refractivity contribution in [3.63, 3.8) is 0 Å². The summed E-state index contributed by atoms with van der Waals surface area (Å²) in [5.74, 6) is 1.19. The molecule has 0 unspecified atom stereocenters. The SMILES string of the molecule is CCNCc1cc(CC)nc(N(CC)C2CCCCC2)c1. The van der Waals surface area contributed by atoms with Gasteiger partial charge in [-0.15, -0.1) is 0 Å². The summed E-state index contributed by atoms with van der Waals surface area (Å²) in [6.45, 7) is 9.63. The topological polar surface area (TPSA) is 28.2 Å². The summed E-state index contributed by atoms with van der Waals surface area (Å²) < 4.78 is 0. The first-order chi connectivity index (χ1) is 10.3. The summed E-state index contributed by atoms with van der Waals surface area (Å²) in [5, 5.41) is 3.43. The maximum absolute atomic E-state index is 4.90. The molecule has 118 valence electrons. The normalized spacial score (nSPS) is 16.1. The number of nitrogens with one attached hydrogen (secondary N) is 1. The quantitative estimate of drug-likeness (QED) is 0.825. The van der Waals surface area contributed by atoms with Crippen molar-refractivity contribution in [2.45, 2.75) is 71.9 Å². The summed E-state index contributed by atoms with van der Waals surface area (Å²) in [6, 6.07) is 5.23. The van der Waals surface area contributed by atoms with Crippen molar-refractivity contribution in [3.05, 3.63) is 23.4 Å². The van der Waals surface area contributed by atoms with Gasteiger partial charge in [0.15, 0.2) is 0 Å². The largest absolute Gasteiger partial charge is 0.354 e. The lowest BCUT2D eigenvalue weighted by Crippen LogP contribution is -2.37. The second kappa shape index (κ2) is 8.38. The zero-order chi connectivity index (χ0) is 15.1. The first-order valence-corrected chi connectivity index (χ1v) is 8.75. The molecule has 3 heteroatoms. The highest BCUT2D eigenvalue weighted by molar-refractivity contribution is 5.44. The van der Waals surface area contributed by atoms with Gasteiger partial charge in [0.1, 0.15) is 5.82 Å². The van der Waals surface area contributed by atoms with Gasteiger partial charge in [-0.3, -0.25) is 0 Å². The standard InChI is InChI=1S/C18H31N3/c1-4-16-12-15(14-19-5-2)13-18(20-16)21(6-3)17-10-8-7-9-11-17/h12-13,17,19H,4-11,14H2,1-3H3. The fourth-order valence-electron chi connectivity index (χ4n) is 3.33. The van der Waals surface area contributed by atoms with Crippen LogP contribution in [-0.2, 0) is 13.0 Å². The molecule has 0 aliphatic heterocycles. The van der Waals surface area contributed by atoms with Gasteiger partial charge in [0, 0.05) is 24.8 Å². The number of aromatic nitrogens is 1. The number of aryl methyl sites for hydroxylation is 1. The third kappa shape index (κ3) is 4.44. The third-order valence-corrected chi connectivity index (χ3v) is 4.52. The lowest BCUT2D eigenvalue weighted by molar-refractivity contribution is 0.416. The number of hydrogen-bond acceptors (Lipinski definition) is 3. The van der Waals surface area contributed by atoms with Gasteiger partial charge in [-0.05, 0) is 50.4 Å². The minimum absolute atomic E-state index is 0.690. The molecule has 0 amide bonds. The molecule has 21 heavy (non-hydrogen) atoms. The minimum Gasteiger partial charge on any atom is -0.354 e. The van der Waals surface area contributed by atoms with E-state index in [0.717, 1.165) is 26.1 Å². The Bertz CT molecular complexity index is 424. The molecule has 0 radical (unpaired) electrons. The Labute approximate surface area is 130 Å². The Morgan fingerprint density at radius 3 is 2.52 bits per heavy atom. The van der Waals surface area contributed by atoms with Gasteiger partial charge in [0.2, 0.25) is 0 Å². The highest BCUT2D eigenvalue weighted by Crippen LogP contribution is 2.27. The van der Waals surface area contributed by atoms with Crippen LogP contribution in [0.2, 0.25) is 0 Å². The van der Waals surface area contributed by atoms with Crippen molar-refractivity contribution in [2.75, 3.05) is 18.0 Å². The van der Waals surface area contributed by atoms with E-state index in [4.69, 9.17) is 4.98 Å². The number of pyridine rings is 1. The molecule has 0 spiro atoms. The van der Waals surface area contributed by atoms with Crippen LogP contribution in [-0.4, -0.2) is 24.1 Å². The summed E-state index contributed by atoms with van der Waals surface area (Å²) >= 11 is 0. The van der Waals surface area contributed by atoms with E-state index >= 15 is 0 Å². The number of nitrogens with zero attached hydrogens (tertiary/aromatic N) is 2. The van der Waals surface area contributed by atoms with Gasteiger partial charge >= 0.3 is 0 Å². The fourth-order valence-corrected chi connectivity index (χ4v) is 3.33. The van der Waals surface area contributed by atoms with E-state index in [1.165, 1.54) is 49.2 Å². The predicted octanol–water partition coefficient (Wildman–Crippen LogP) is 3.91. The molecule has 3 nitrogen and oxygen atoms in total. The Morgan fingerprint density at radius 2 is 1.90 bits per heavy atom. The van der Waals surface area contributed by atoms with Crippen molar-refractivity contribution >= 4 is 5.82 Å². The Kier molecular flexibility index (Phi) is 6.50. The van der Waals surface area contributed by atoms with Gasteiger partial charge in [-0.25, -0.2) is 4.98 Å². The molecule has 0 saturated heterocycles. The number of hydrogen-bond donors (Lipinski definition) is 1. The lowest BCUT2D eigenvalue weighted by Gasteiger charge is -2.35. The molecule has 1 aliphatic carbocycles. The molecule has 0 atom stereocenters. The first-order valence-electron chi connectivity index (χ1n) is 8.75. The van der Waals surface area contributed by atoms with E-state index in [9.17, 15) is 0 Å². The van der Waals surface area contributed by atoms with Gasteiger partial charge in [-0.2, -0.15) is 0 Å². The molecule has 0 bridgehead atoms. The third-order valence-electron chi connectivity index (χ3n) is 4.52. The van der Waals surface area contributed by atoms with Crippen LogP contribution in [0.1, 0.15) is 64.1 Å². The van der Waals surface area contributed by atoms with Gasteiger partial charge in [0.25, 0.3) is 0 Å². The summed E-state index contributed by atoms with van der Waals surface area (Å²) in [4.78, 5) is 7.44. The van der Waals surface area contributed by atoms with E-state index < -0.39 is 0 Å². The predicted molar refractivity (Wildman–Crippen MR) is 90.9 cm³/mol. The molecule has 1 aliphatic rings. The molecule has 0 aromatic carbocycles. The molecule has 1 N–H and O–H groups in total. The zero-order valence-corrected chi connectivity index (χ0v) is 14.0. The van der Waals surface area contributed by atoms with Crippen molar-refractivity contribution in [1.29, 1.82) is 0 Å². The van der Waals surface area contributed by atoms with Gasteiger partial charge in [0.05, 0.1) is 0 Å². The van der Waals surface area contributed by atoms with Crippen LogP contribution in [0.5, 0.6) is 0 Å². The number of anilines is 1. The van der Waals surface area contributed by atoms with E-state index in [-0.39, 0.29) is 0 Å². The smallest absolute Gasteiger partial charge is 0.129 e. The van der Waals surface area contributed by atoms with Crippen molar-refractivity contribution in [2.24, 2.45) is 0 Å². The Balaban J connectivity index is 2.21. The maximum atomic E-state index is 4.90. The molecule has 1 aromatic heterocycles. The first kappa shape index (κ1) is 16.3. The Hall–Kier alpha value is -1.09. The monoisotopic (exact) mass is 289 g/mol. The second-order valence-corrected chi connectivity index (χ2v) is 6.04. The van der Waals surface area contributed by atoms with Crippen LogP contribution in [0.3, 0.4) is 0 Å². The minimum atomic E-state index is 0.690. The van der Waals surface area contributed by atoms with Crippen LogP contribution in [0.4, 0.5) is 5.82 Å². The average Bonchev–Trinajstić information content (AvgIpc) is 2.54. The van der Waals surface area contributed by atoms with E-state index in [1.807, 2.05) is 0 Å². The molecule has 1 aromatic rings. The van der Waals surface area contributed by atoms with Crippen molar-refractivity contribution < 1.29 is 0 Å². The van der Waals surface area contributed by atoms with Crippen LogP contribution in [0.15, 0.2) is 12.1 Å². The number of rotatable bonds is 7. The van der Waals surface area contributed by atoms with Crippen molar-refractivity contribution in [1.82, 2.24) is 10.3 Å². The lowest BCUT2D eigenvalue weighted by atomic mass is 9.94. The van der Waals surface area contributed by atoms with E-state index in [2.05, 4.69) is 43.1 Å². The molecule has 1 fully saturated rings. The molecule has 1 saturated carbocycles. The van der Waals surface area contributed by atoms with Crippen LogP contribution in [0.25, 0.3) is 0 Å². The van der Waals surface area contributed by atoms with Gasteiger partial charge in [-0.1, -0.05) is 33.1 Å².